The Morgan fingerprint density at radius 1 is 0.694 bits per heavy atom. The topological polar surface area (TPSA) is 177 Å². The van der Waals surface area contributed by atoms with Gasteiger partial charge < -0.3 is 30.3 Å². The first-order valence-electron chi connectivity index (χ1n) is 14.2. The van der Waals surface area contributed by atoms with Crippen LogP contribution in [-0.4, -0.2) is 58.2 Å². The van der Waals surface area contributed by atoms with Gasteiger partial charge in [-0.1, -0.05) is 17.8 Å². The van der Waals surface area contributed by atoms with E-state index in [1.807, 2.05) is 22.6 Å². The monoisotopic (exact) mass is 776 g/mol. The lowest BCUT2D eigenvalue weighted by atomic mass is 10.1. The summed E-state index contributed by atoms with van der Waals surface area (Å²) in [5, 5.41) is 23.4. The smallest absolute Gasteiger partial charge is 0.356 e. The van der Waals surface area contributed by atoms with Crippen LogP contribution in [0.15, 0.2) is 72.8 Å². The molecule has 12 nitrogen and oxygen atoms in total. The number of amides is 2. The average Bonchev–Trinajstić information content (AvgIpc) is 3.10. The summed E-state index contributed by atoms with van der Waals surface area (Å²) in [6.45, 7) is 2.43. The van der Waals surface area contributed by atoms with Crippen LogP contribution in [0.1, 0.15) is 62.9 Å². The van der Waals surface area contributed by atoms with Crippen LogP contribution in [0.5, 0.6) is 0 Å². The number of methoxy groups -OCH3 is 2. The molecule has 0 aliphatic rings. The molecule has 4 N–H and O–H groups in total. The number of hydrogen-bond donors (Lipinski definition) is 4. The van der Waals surface area contributed by atoms with E-state index in [1.165, 1.54) is 34.1 Å². The van der Waals surface area contributed by atoms with Gasteiger partial charge in [-0.25, -0.2) is 19.6 Å². The molecule has 0 aliphatic carbocycles. The molecule has 0 radical (unpaired) electrons. The van der Waals surface area contributed by atoms with Crippen molar-refractivity contribution in [3.05, 3.63) is 116 Å². The third-order valence-electron chi connectivity index (χ3n) is 5.76. The van der Waals surface area contributed by atoms with Crippen LogP contribution in [0.25, 0.3) is 0 Å². The van der Waals surface area contributed by atoms with Gasteiger partial charge in [0.1, 0.15) is 11.4 Å². The van der Waals surface area contributed by atoms with E-state index in [2.05, 4.69) is 47.8 Å². The molecule has 0 saturated heterocycles. The molecule has 0 aliphatic heterocycles. The number of terminal acetylenes is 1. The highest BCUT2D eigenvalue weighted by Crippen LogP contribution is 2.12. The number of hydrogen-bond acceptors (Lipinski definition) is 10. The fraction of sp³-hybridized carbons (Fsp3) is 0.167. The number of aliphatic hydroxyl groups excluding tert-OH is 2. The van der Waals surface area contributed by atoms with Crippen molar-refractivity contribution in [3.63, 3.8) is 0 Å². The van der Waals surface area contributed by atoms with E-state index >= 15 is 0 Å². The van der Waals surface area contributed by atoms with Crippen molar-refractivity contribution in [1.82, 2.24) is 9.97 Å². The highest BCUT2D eigenvalue weighted by molar-refractivity contribution is 14.1. The fourth-order valence-corrected chi connectivity index (χ4v) is 4.28. The van der Waals surface area contributed by atoms with Crippen molar-refractivity contribution in [1.29, 1.82) is 0 Å². The van der Waals surface area contributed by atoms with E-state index in [4.69, 9.17) is 11.5 Å². The maximum absolute atomic E-state index is 11.6. The molecule has 13 heteroatoms. The summed E-state index contributed by atoms with van der Waals surface area (Å²) < 4.78 is 9.98. The summed E-state index contributed by atoms with van der Waals surface area (Å²) in [6, 6.07) is 20.6. The molecule has 4 aromatic rings. The molecule has 0 unspecified atom stereocenters. The summed E-state index contributed by atoms with van der Waals surface area (Å²) >= 11 is 2.05. The number of esters is 2. The van der Waals surface area contributed by atoms with Gasteiger partial charge in [-0.05, 0) is 95.4 Å². The number of nitrogens with one attached hydrogen (secondary N) is 2. The predicted molar refractivity (Wildman–Crippen MR) is 191 cm³/mol. The summed E-state index contributed by atoms with van der Waals surface area (Å²) in [5.74, 6) is 7.06. The lowest BCUT2D eigenvalue weighted by Gasteiger charge is -2.02. The largest absolute Gasteiger partial charge is 0.464 e. The summed E-state index contributed by atoms with van der Waals surface area (Å²) in [5.41, 5.74) is 4.66. The number of carbonyl (C=O) groups excluding carboxylic acids is 4. The van der Waals surface area contributed by atoms with Crippen molar-refractivity contribution in [2.45, 2.75) is 27.1 Å². The summed E-state index contributed by atoms with van der Waals surface area (Å²) in [6.07, 6.45) is 5.16. The highest BCUT2D eigenvalue weighted by atomic mass is 127. The fourth-order valence-electron chi connectivity index (χ4n) is 3.63. The number of rotatable bonds is 6. The number of halogens is 1. The van der Waals surface area contributed by atoms with Gasteiger partial charge in [0.25, 0.3) is 0 Å². The first kappa shape index (κ1) is 39.6. The SMILES string of the molecule is C#Cc1ccc(NC(C)=O)cc1.COC(=O)c1cc(C#Cc2ccc(NC(C)=O)cc2)cc(CO)n1.COC(=O)c1cc(I)cc(CO)n1. The van der Waals surface area contributed by atoms with E-state index < -0.39 is 11.9 Å². The molecular weight excluding hydrogens is 743 g/mol. The van der Waals surface area contributed by atoms with Crippen LogP contribution in [-0.2, 0) is 32.3 Å². The summed E-state index contributed by atoms with van der Waals surface area (Å²) in [7, 11) is 2.56. The Balaban J connectivity index is 0.000000281. The van der Waals surface area contributed by atoms with Gasteiger partial charge >= 0.3 is 11.9 Å². The molecule has 49 heavy (non-hydrogen) atoms. The molecule has 4 rings (SSSR count). The molecule has 0 atom stereocenters. The van der Waals surface area contributed by atoms with E-state index in [0.29, 0.717) is 22.6 Å². The Labute approximate surface area is 297 Å². The van der Waals surface area contributed by atoms with Gasteiger partial charge in [0.15, 0.2) is 0 Å². The second-order valence-electron chi connectivity index (χ2n) is 9.61. The number of aromatic nitrogens is 2. The minimum absolute atomic E-state index is 0.0801. The minimum Gasteiger partial charge on any atom is -0.464 e. The second-order valence-corrected chi connectivity index (χ2v) is 10.9. The highest BCUT2D eigenvalue weighted by Gasteiger charge is 2.10. The summed E-state index contributed by atoms with van der Waals surface area (Å²) in [4.78, 5) is 52.1. The number of pyridine rings is 2. The molecular formula is C36H33IN4O8. The lowest BCUT2D eigenvalue weighted by Crippen LogP contribution is -2.07. The molecule has 0 fully saturated rings. The zero-order chi connectivity index (χ0) is 36.3. The zero-order valence-corrected chi connectivity index (χ0v) is 29.2. The van der Waals surface area contributed by atoms with Crippen molar-refractivity contribution >= 4 is 57.7 Å². The maximum atomic E-state index is 11.6. The lowest BCUT2D eigenvalue weighted by molar-refractivity contribution is -0.115. The number of benzene rings is 2. The van der Waals surface area contributed by atoms with Crippen molar-refractivity contribution in [3.8, 4) is 24.2 Å². The Kier molecular flexibility index (Phi) is 16.6. The minimum atomic E-state index is -0.590. The van der Waals surface area contributed by atoms with E-state index in [-0.39, 0.29) is 36.4 Å². The molecule has 2 amide bonds. The molecule has 2 aromatic heterocycles. The van der Waals surface area contributed by atoms with Crippen molar-refractivity contribution in [2.75, 3.05) is 24.9 Å². The van der Waals surface area contributed by atoms with Crippen molar-refractivity contribution in [2.24, 2.45) is 0 Å². The Bertz CT molecular complexity index is 1880. The van der Waals surface area contributed by atoms with Gasteiger partial charge in [-0.3, -0.25) is 9.59 Å². The first-order chi connectivity index (χ1) is 23.4. The Morgan fingerprint density at radius 2 is 1.12 bits per heavy atom. The predicted octanol–water partition coefficient (Wildman–Crippen LogP) is 4.31. The second kappa shape index (κ2) is 20.6. The standard InChI is InChI=1S/C18H16N2O4.C10H9NO.C8H8INO3/c1-12(22)19-15-7-5-13(6-8-15)3-4-14-9-16(11-21)20-17(10-14)18(23)24-2;1-3-9-4-6-10(7-5-9)11-8(2)12;1-13-8(12)7-3-5(9)2-6(4-11)10-7/h5-10,21H,11H2,1-2H3,(H,19,22);1,4-7H,2H3,(H,11,12);2-3,11H,4H2,1H3. The normalized spacial score (nSPS) is 9.43. The number of nitrogens with zero attached hydrogens (tertiary/aromatic N) is 2. The van der Waals surface area contributed by atoms with Crippen LogP contribution < -0.4 is 10.6 Å². The number of carbonyl (C=O) groups is 4. The van der Waals surface area contributed by atoms with Crippen LogP contribution >= 0.6 is 22.6 Å². The van der Waals surface area contributed by atoms with Crippen LogP contribution in [0, 0.1) is 27.8 Å². The molecule has 0 spiro atoms. The van der Waals surface area contributed by atoms with Crippen LogP contribution in [0.3, 0.4) is 0 Å². The van der Waals surface area contributed by atoms with Gasteiger partial charge in [-0.2, -0.15) is 0 Å². The van der Waals surface area contributed by atoms with Gasteiger partial charge in [0, 0.05) is 45.5 Å². The number of aliphatic hydroxyl groups is 2. The molecule has 0 saturated carbocycles. The molecule has 2 heterocycles. The van der Waals surface area contributed by atoms with E-state index in [0.717, 1.165) is 20.4 Å². The molecule has 2 aromatic carbocycles. The van der Waals surface area contributed by atoms with E-state index in [1.54, 1.807) is 66.7 Å². The first-order valence-corrected chi connectivity index (χ1v) is 15.3. The molecule has 0 bridgehead atoms. The third-order valence-corrected chi connectivity index (χ3v) is 6.39. The van der Waals surface area contributed by atoms with Crippen LogP contribution in [0.4, 0.5) is 11.4 Å². The number of ether oxygens (including phenoxy) is 2. The number of anilines is 2. The van der Waals surface area contributed by atoms with Gasteiger partial charge in [0.05, 0.1) is 38.8 Å². The average molecular weight is 777 g/mol. The quantitative estimate of drug-likeness (QED) is 0.125. The van der Waals surface area contributed by atoms with Crippen LogP contribution in [0.2, 0.25) is 0 Å². The molecule has 252 valence electrons. The van der Waals surface area contributed by atoms with E-state index in [9.17, 15) is 24.3 Å². The van der Waals surface area contributed by atoms with Gasteiger partial charge in [0.2, 0.25) is 11.8 Å². The van der Waals surface area contributed by atoms with Crippen molar-refractivity contribution < 1.29 is 38.9 Å². The zero-order valence-electron chi connectivity index (χ0n) is 27.0. The van der Waals surface area contributed by atoms with Gasteiger partial charge in [-0.15, -0.1) is 6.42 Å². The Hall–Kier alpha value is -5.61. The third kappa shape index (κ3) is 14.4. The maximum Gasteiger partial charge on any atom is 0.356 e. The Morgan fingerprint density at radius 3 is 1.55 bits per heavy atom.